The van der Waals surface area contributed by atoms with Crippen LogP contribution in [-0.2, 0) is 38.0 Å². The number of methoxy groups -OCH3 is 3. The fourth-order valence-electron chi connectivity index (χ4n) is 5.10. The summed E-state index contributed by atoms with van der Waals surface area (Å²) in [4.78, 5) is 43.7. The fraction of sp³-hybridized carbons (Fsp3) is 0.469. The van der Waals surface area contributed by atoms with E-state index in [1.54, 1.807) is 13.8 Å². The molecule has 5 atom stereocenters. The van der Waals surface area contributed by atoms with Gasteiger partial charge in [-0.1, -0.05) is 0 Å². The van der Waals surface area contributed by atoms with Crippen molar-refractivity contribution < 1.29 is 69.5 Å². The minimum atomic E-state index is -5.90. The Hall–Kier alpha value is -4.72. The van der Waals surface area contributed by atoms with Gasteiger partial charge >= 0.3 is 24.3 Å². The van der Waals surface area contributed by atoms with E-state index in [2.05, 4.69) is 19.6 Å². The van der Waals surface area contributed by atoms with Crippen LogP contribution >= 0.6 is 0 Å². The van der Waals surface area contributed by atoms with Gasteiger partial charge in [0.05, 0.1) is 31.0 Å². The van der Waals surface area contributed by atoms with Crippen LogP contribution in [0.25, 0.3) is 17.1 Å². The first kappa shape index (κ1) is 39.1. The molecule has 4 rings (SSSR count). The molecule has 2 heterocycles. The Labute approximate surface area is 288 Å². The van der Waals surface area contributed by atoms with Crippen LogP contribution in [0.1, 0.15) is 26.7 Å². The number of rotatable bonds is 13. The van der Waals surface area contributed by atoms with E-state index in [-0.39, 0.29) is 23.6 Å². The lowest BCUT2D eigenvalue weighted by molar-refractivity contribution is -0.360. The Kier molecular flexibility index (Phi) is 12.7. The Morgan fingerprint density at radius 1 is 0.902 bits per heavy atom. The van der Waals surface area contributed by atoms with Gasteiger partial charge in [-0.25, -0.2) is 19.4 Å². The summed E-state index contributed by atoms with van der Waals surface area (Å²) in [5, 5.41) is 4.30. The molecule has 0 N–H and O–H groups in total. The molecule has 0 aliphatic carbocycles. The van der Waals surface area contributed by atoms with Crippen LogP contribution in [0.4, 0.5) is 32.4 Å². The monoisotopic (exact) mass is 730 g/mol. The summed E-state index contributed by atoms with van der Waals surface area (Å²) in [6.07, 6.45) is -16.0. The third-order valence-electron chi connectivity index (χ3n) is 7.60. The highest BCUT2D eigenvalue weighted by molar-refractivity contribution is 6.12. The molecule has 0 radical (unpaired) electrons. The largest absolute Gasteiger partial charge is 0.499 e. The van der Waals surface area contributed by atoms with Gasteiger partial charge in [-0.3, -0.25) is 9.59 Å². The molecule has 0 unspecified atom stereocenters. The number of alkyl halides is 5. The highest BCUT2D eigenvalue weighted by atomic mass is 19.4. The van der Waals surface area contributed by atoms with Crippen LogP contribution in [-0.4, -0.2) is 104 Å². The average molecular weight is 731 g/mol. The molecule has 3 aromatic rings. The zero-order chi connectivity index (χ0) is 37.5. The van der Waals surface area contributed by atoms with Crippen LogP contribution in [0.3, 0.4) is 0 Å². The lowest BCUT2D eigenvalue weighted by Crippen LogP contribution is -2.60. The predicted octanol–water partition coefficient (Wildman–Crippen LogP) is 5.07. The molecule has 1 aromatic heterocycles. The van der Waals surface area contributed by atoms with Gasteiger partial charge in [-0.15, -0.1) is 5.10 Å². The minimum absolute atomic E-state index is 0.0539. The summed E-state index contributed by atoms with van der Waals surface area (Å²) in [6.45, 7) is 3.77. The van der Waals surface area contributed by atoms with Gasteiger partial charge in [0.15, 0.2) is 5.82 Å². The van der Waals surface area contributed by atoms with Crippen molar-refractivity contribution in [3.63, 3.8) is 0 Å². The topological polar surface area (TPSA) is 150 Å². The third-order valence-corrected chi connectivity index (χ3v) is 7.60. The molecule has 1 saturated heterocycles. The Bertz CT molecular complexity index is 1640. The van der Waals surface area contributed by atoms with Gasteiger partial charge in [0.1, 0.15) is 30.4 Å². The second-order valence-electron chi connectivity index (χ2n) is 10.9. The number of imide groups is 1. The number of aromatic nitrogens is 3. The maximum atomic E-state index is 13.6. The lowest BCUT2D eigenvalue weighted by atomic mass is 9.99. The molecule has 2 amide bonds. The molecule has 19 heteroatoms. The van der Waals surface area contributed by atoms with Crippen molar-refractivity contribution in [2.24, 2.45) is 0 Å². The number of nitrogens with zero attached hydrogens (tertiary/aromatic N) is 4. The summed E-state index contributed by atoms with van der Waals surface area (Å²) in [7, 11) is 4.01. The number of esters is 1. The van der Waals surface area contributed by atoms with Crippen molar-refractivity contribution in [3.8, 4) is 22.8 Å². The zero-order valence-corrected chi connectivity index (χ0v) is 28.0. The molecule has 0 bridgehead atoms. The molecular formula is C32H35F5N4O10. The van der Waals surface area contributed by atoms with Crippen LogP contribution in [0.2, 0.25) is 0 Å². The first-order valence-electron chi connectivity index (χ1n) is 15.3. The summed E-state index contributed by atoms with van der Waals surface area (Å²) in [5.41, 5.74) is 0.722. The Morgan fingerprint density at radius 3 is 2.12 bits per heavy atom. The van der Waals surface area contributed by atoms with Crippen LogP contribution in [0.5, 0.6) is 5.75 Å². The molecule has 278 valence electrons. The smallest absolute Gasteiger partial charge is 0.469 e. The van der Waals surface area contributed by atoms with E-state index in [9.17, 15) is 36.3 Å². The number of carbonyl (C=O) groups is 3. The number of amides is 2. The molecule has 51 heavy (non-hydrogen) atoms. The third kappa shape index (κ3) is 9.15. The molecule has 1 fully saturated rings. The SMILES string of the molecule is CCO[C@@H]1[C@H](OC)[C@H](OC(=O)N(C(=O)CCC(=O)OC)c2ccc(-c3ncn(-c4ccc(OC(F)(F)C(F)(F)F)cc4)n3)cc2)O[C@@H](C)[C@@H]1OC. The normalized spacial score (nSPS) is 20.8. The van der Waals surface area contributed by atoms with Crippen molar-refractivity contribution in [1.29, 1.82) is 0 Å². The van der Waals surface area contributed by atoms with Gasteiger partial charge in [0, 0.05) is 32.8 Å². The van der Waals surface area contributed by atoms with Crippen LogP contribution < -0.4 is 9.64 Å². The number of anilines is 1. The van der Waals surface area contributed by atoms with Crippen LogP contribution in [0.15, 0.2) is 54.9 Å². The van der Waals surface area contributed by atoms with Crippen molar-refractivity contribution in [1.82, 2.24) is 14.8 Å². The zero-order valence-electron chi connectivity index (χ0n) is 28.0. The highest BCUT2D eigenvalue weighted by Gasteiger charge is 2.61. The number of benzene rings is 2. The van der Waals surface area contributed by atoms with Gasteiger partial charge in [-0.2, -0.15) is 22.0 Å². The second kappa shape index (κ2) is 16.5. The number of ether oxygens (including phenoxy) is 7. The van der Waals surface area contributed by atoms with Crippen molar-refractivity contribution in [2.45, 2.75) is 69.7 Å². The van der Waals surface area contributed by atoms with Crippen molar-refractivity contribution in [2.75, 3.05) is 32.8 Å². The van der Waals surface area contributed by atoms with E-state index in [0.29, 0.717) is 12.2 Å². The number of hydrogen-bond donors (Lipinski definition) is 0. The quantitative estimate of drug-likeness (QED) is 0.171. The van der Waals surface area contributed by atoms with Gasteiger partial charge in [0.25, 0.3) is 0 Å². The summed E-state index contributed by atoms with van der Waals surface area (Å²) in [5.74, 6) is -2.05. The number of carbonyl (C=O) groups excluding carboxylic acids is 3. The standard InChI is InChI=1S/C32H35F5N4O10/c1-6-48-26-25(46-4)18(2)49-29(27(26)47-5)50-30(44)41(23(42)15-16-24(43)45-3)21-9-7-19(8-10-21)28-38-17-40(39-28)20-11-13-22(14-12-20)51-32(36,37)31(33,34)35/h7-14,17-18,25-27,29H,6,15-16H2,1-5H3/t18-,25-,26-,27-,29-/m0/s1. The first-order chi connectivity index (χ1) is 24.1. The second-order valence-corrected chi connectivity index (χ2v) is 10.9. The summed E-state index contributed by atoms with van der Waals surface area (Å²) in [6, 6.07) is 10.0. The molecule has 0 spiro atoms. The van der Waals surface area contributed by atoms with Crippen molar-refractivity contribution >= 4 is 23.7 Å². The van der Waals surface area contributed by atoms with Gasteiger partial charge in [-0.05, 0) is 62.4 Å². The van der Waals surface area contributed by atoms with E-state index in [4.69, 9.17) is 23.7 Å². The molecular weight excluding hydrogens is 695 g/mol. The van der Waals surface area contributed by atoms with Crippen molar-refractivity contribution in [3.05, 3.63) is 54.9 Å². The summed E-state index contributed by atoms with van der Waals surface area (Å²) >= 11 is 0. The van der Waals surface area contributed by atoms with E-state index in [0.717, 1.165) is 24.1 Å². The minimum Gasteiger partial charge on any atom is -0.469 e. The van der Waals surface area contributed by atoms with Gasteiger partial charge in [0.2, 0.25) is 12.2 Å². The lowest BCUT2D eigenvalue weighted by Gasteiger charge is -2.43. The Morgan fingerprint density at radius 2 is 1.55 bits per heavy atom. The molecule has 1 aliphatic heterocycles. The predicted molar refractivity (Wildman–Crippen MR) is 165 cm³/mol. The van der Waals surface area contributed by atoms with E-state index in [1.807, 2.05) is 0 Å². The average Bonchev–Trinajstić information content (AvgIpc) is 3.58. The molecule has 2 aromatic carbocycles. The summed E-state index contributed by atoms with van der Waals surface area (Å²) < 4.78 is 102. The van der Waals surface area contributed by atoms with Gasteiger partial charge < -0.3 is 33.2 Å². The molecule has 14 nitrogen and oxygen atoms in total. The van der Waals surface area contributed by atoms with E-state index < -0.39 is 73.1 Å². The molecule has 1 aliphatic rings. The van der Waals surface area contributed by atoms with E-state index in [1.165, 1.54) is 61.6 Å². The fourth-order valence-corrected chi connectivity index (χ4v) is 5.10. The first-order valence-corrected chi connectivity index (χ1v) is 15.3. The maximum absolute atomic E-state index is 13.6. The number of halogens is 5. The van der Waals surface area contributed by atoms with E-state index >= 15 is 0 Å². The maximum Gasteiger partial charge on any atom is 0.499 e. The number of hydrogen-bond acceptors (Lipinski definition) is 12. The highest BCUT2D eigenvalue weighted by Crippen LogP contribution is 2.37. The van der Waals surface area contributed by atoms with Crippen LogP contribution in [0, 0.1) is 0 Å². The molecule has 0 saturated carbocycles. The Balaban J connectivity index is 1.55.